The molecule has 0 nitrogen and oxygen atoms in total. The average molecular weight is 79.1 g/mol. The highest BCUT2D eigenvalue weighted by Crippen LogP contribution is 2.46. The Bertz CT molecular complexity index is 101. The molecule has 1 atom stereocenters. The zero-order chi connectivity index (χ0) is 3.98. The van der Waals surface area contributed by atoms with Crippen LogP contribution in [0.5, 0.6) is 0 Å². The van der Waals surface area contributed by atoms with Gasteiger partial charge in [0.1, 0.15) is 0 Å². The molecule has 2 aliphatic rings. The summed E-state index contributed by atoms with van der Waals surface area (Å²) in [7, 11) is 0. The molecule has 0 amide bonds. The molecule has 0 spiro atoms. The van der Waals surface area contributed by atoms with Gasteiger partial charge in [0.05, 0.1) is 30.4 Å². The molecule has 6 heavy (non-hydrogen) atoms. The van der Waals surface area contributed by atoms with Gasteiger partial charge in [-0.1, -0.05) is 0 Å². The highest BCUT2D eigenvalue weighted by atomic mass is 14.4. The van der Waals surface area contributed by atoms with E-state index in [-0.39, 0.29) is 0 Å². The van der Waals surface area contributed by atoms with Crippen LogP contribution in [0, 0.1) is 12.3 Å². The van der Waals surface area contributed by atoms with Crippen LogP contribution in [0.3, 0.4) is 0 Å². The molecule has 1 saturated carbocycles. The van der Waals surface area contributed by atoms with E-state index in [4.69, 9.17) is 0 Å². The van der Waals surface area contributed by atoms with Crippen molar-refractivity contribution in [2.75, 3.05) is 0 Å². The van der Waals surface area contributed by atoms with Crippen molar-refractivity contribution in [3.63, 3.8) is 0 Å². The van der Waals surface area contributed by atoms with E-state index < -0.39 is 0 Å². The van der Waals surface area contributed by atoms with Crippen LogP contribution in [0.25, 0.3) is 0 Å². The second-order valence-electron chi connectivity index (χ2n) is 2.11. The molecule has 0 bridgehead atoms. The van der Waals surface area contributed by atoms with Crippen LogP contribution in [0.1, 0.15) is 12.8 Å². The van der Waals surface area contributed by atoms with Gasteiger partial charge in [-0.15, -0.1) is 0 Å². The molecule has 0 aliphatic heterocycles. The summed E-state index contributed by atoms with van der Waals surface area (Å²) in [6, 6.07) is 0. The van der Waals surface area contributed by atoms with E-state index in [9.17, 15) is 0 Å². The molecule has 0 aromatic rings. The smallest absolute Gasteiger partial charge is 0.0431 e. The van der Waals surface area contributed by atoms with Crippen LogP contribution in [-0.2, 0) is 0 Å². The van der Waals surface area contributed by atoms with E-state index in [2.05, 4.69) is 12.5 Å². The van der Waals surface area contributed by atoms with Crippen LogP contribution in [-0.4, -0.2) is 0 Å². The zero-order valence-corrected chi connectivity index (χ0v) is 3.65. The first-order chi connectivity index (χ1) is 2.97. The molecule has 0 aromatic heterocycles. The second-order valence-corrected chi connectivity index (χ2v) is 2.11. The number of fused-ring (bicyclic) bond motifs is 1. The van der Waals surface area contributed by atoms with Gasteiger partial charge in [0, 0.05) is 6.42 Å². The van der Waals surface area contributed by atoms with Gasteiger partial charge in [0.2, 0.25) is 0 Å². The van der Waals surface area contributed by atoms with Crippen molar-refractivity contribution in [2.24, 2.45) is 5.92 Å². The van der Waals surface area contributed by atoms with Crippen molar-refractivity contribution in [1.29, 1.82) is 0 Å². The van der Waals surface area contributed by atoms with Crippen LogP contribution < -0.4 is 0 Å². The molecule has 2 aliphatic carbocycles. The van der Waals surface area contributed by atoms with Gasteiger partial charge >= 0.3 is 0 Å². The monoisotopic (exact) mass is 79.1 g/mol. The molecule has 1 unspecified atom stereocenters. The Morgan fingerprint density at radius 2 is 2.83 bits per heavy atom. The Kier molecular flexibility index (Phi) is 0.296. The number of allylic oxidation sites excluding steroid dienone is 2. The summed E-state index contributed by atoms with van der Waals surface area (Å²) in [6.07, 6.45) is 7.29. The Morgan fingerprint density at radius 1 is 1.83 bits per heavy atom. The van der Waals surface area contributed by atoms with E-state index >= 15 is 0 Å². The average Bonchev–Trinajstić information content (AvgIpc) is 2.17. The largest absolute Gasteiger partial charge is 0.0928 e. The van der Waals surface area contributed by atoms with Crippen LogP contribution >= 0.6 is 0 Å². The van der Waals surface area contributed by atoms with Gasteiger partial charge in [-0.3, -0.25) is 0 Å². The lowest BCUT2D eigenvalue weighted by molar-refractivity contribution is 0.882. The maximum absolute atomic E-state index is 2.27. The highest BCUT2D eigenvalue weighted by molar-refractivity contribution is 5.32. The minimum atomic E-state index is 1.02. The van der Waals surface area contributed by atoms with Gasteiger partial charge < -0.3 is 0 Å². The lowest BCUT2D eigenvalue weighted by Gasteiger charge is -1.67. The Hall–Kier alpha value is -0.390. The third-order valence-electron chi connectivity index (χ3n) is 1.60. The quantitative estimate of drug-likeness (QED) is 0.386. The van der Waals surface area contributed by atoms with Crippen molar-refractivity contribution in [3.05, 3.63) is 18.1 Å². The molecule has 0 saturated heterocycles. The molecule has 2 rings (SSSR count). The third kappa shape index (κ3) is 0.182. The standard InChI is InChI=1S/C6H7/c1-2-5-4-6(5)3-1/h1-2,6H,3-4H2/q+1. The SMILES string of the molecule is C1=C2CC2C[CH+]1. The van der Waals surface area contributed by atoms with E-state index in [1.807, 2.05) is 0 Å². The van der Waals surface area contributed by atoms with Gasteiger partial charge in [0.25, 0.3) is 0 Å². The van der Waals surface area contributed by atoms with Gasteiger partial charge in [-0.05, 0) is 0 Å². The summed E-state index contributed by atoms with van der Waals surface area (Å²) < 4.78 is 0. The Morgan fingerprint density at radius 3 is 3.00 bits per heavy atom. The number of hydrogen-bond acceptors (Lipinski definition) is 0. The minimum absolute atomic E-state index is 1.02. The maximum atomic E-state index is 2.27. The molecule has 0 radical (unpaired) electrons. The first kappa shape index (κ1) is 2.73. The van der Waals surface area contributed by atoms with Gasteiger partial charge in [-0.2, -0.15) is 0 Å². The normalized spacial score (nSPS) is 37.3. The zero-order valence-electron chi connectivity index (χ0n) is 3.65. The van der Waals surface area contributed by atoms with E-state index in [1.165, 1.54) is 12.8 Å². The lowest BCUT2D eigenvalue weighted by atomic mass is 10.3. The van der Waals surface area contributed by atoms with Crippen molar-refractivity contribution in [2.45, 2.75) is 12.8 Å². The lowest BCUT2D eigenvalue weighted by Crippen LogP contribution is -1.64. The summed E-state index contributed by atoms with van der Waals surface area (Å²) in [5.41, 5.74) is 1.69. The third-order valence-corrected chi connectivity index (χ3v) is 1.60. The number of rotatable bonds is 0. The fourth-order valence-corrected chi connectivity index (χ4v) is 1.05. The summed E-state index contributed by atoms with van der Waals surface area (Å²) in [5.74, 6) is 1.02. The predicted octanol–water partition coefficient (Wildman–Crippen LogP) is 1.54. The predicted molar refractivity (Wildman–Crippen MR) is 25.1 cm³/mol. The second kappa shape index (κ2) is 0.651. The Balaban J connectivity index is 2.35. The molecule has 0 N–H and O–H groups in total. The maximum Gasteiger partial charge on any atom is 0.0928 e. The molecule has 30 valence electrons. The minimum Gasteiger partial charge on any atom is 0.0431 e. The fraction of sp³-hybridized carbons (Fsp3) is 0.500. The van der Waals surface area contributed by atoms with Crippen LogP contribution in [0.4, 0.5) is 0 Å². The summed E-state index contributed by atoms with van der Waals surface area (Å²) in [6.45, 7) is 0. The number of hydrogen-bond donors (Lipinski definition) is 0. The van der Waals surface area contributed by atoms with Crippen molar-refractivity contribution in [3.8, 4) is 0 Å². The first-order valence-electron chi connectivity index (χ1n) is 2.49. The molecular formula is C6H7+. The van der Waals surface area contributed by atoms with E-state index in [1.54, 1.807) is 5.57 Å². The van der Waals surface area contributed by atoms with Crippen LogP contribution in [0.2, 0.25) is 0 Å². The first-order valence-corrected chi connectivity index (χ1v) is 2.49. The van der Waals surface area contributed by atoms with Crippen molar-refractivity contribution >= 4 is 0 Å². The van der Waals surface area contributed by atoms with Gasteiger partial charge in [0.15, 0.2) is 0 Å². The molecular weight excluding hydrogens is 72.1 g/mol. The fourth-order valence-electron chi connectivity index (χ4n) is 1.05. The van der Waals surface area contributed by atoms with Crippen LogP contribution in [0.15, 0.2) is 11.6 Å². The van der Waals surface area contributed by atoms with Crippen molar-refractivity contribution in [1.82, 2.24) is 0 Å². The highest BCUT2D eigenvalue weighted by Gasteiger charge is 2.42. The molecule has 0 heterocycles. The Labute approximate surface area is 37.9 Å². The summed E-state index contributed by atoms with van der Waals surface area (Å²) >= 11 is 0. The molecule has 0 aromatic carbocycles. The summed E-state index contributed by atoms with van der Waals surface area (Å²) in [5, 5.41) is 0. The van der Waals surface area contributed by atoms with Crippen molar-refractivity contribution < 1.29 is 0 Å². The molecule has 1 fully saturated rings. The molecule has 0 heteroatoms. The summed E-state index contributed by atoms with van der Waals surface area (Å²) in [4.78, 5) is 0. The topological polar surface area (TPSA) is 0 Å². The van der Waals surface area contributed by atoms with E-state index in [0.717, 1.165) is 5.92 Å². The van der Waals surface area contributed by atoms with Gasteiger partial charge in [-0.25, -0.2) is 0 Å². The van der Waals surface area contributed by atoms with E-state index in [0.29, 0.717) is 0 Å².